The van der Waals surface area contributed by atoms with Gasteiger partial charge in [-0.2, -0.15) is 0 Å². The summed E-state index contributed by atoms with van der Waals surface area (Å²) in [5.74, 6) is 0.536. The van der Waals surface area contributed by atoms with E-state index >= 15 is 0 Å². The molecule has 0 unspecified atom stereocenters. The molecule has 0 amide bonds. The molecule has 5 nitrogen and oxygen atoms in total. The van der Waals surface area contributed by atoms with Gasteiger partial charge >= 0.3 is 0 Å². The lowest BCUT2D eigenvalue weighted by Crippen LogP contribution is -2.08. The average Bonchev–Trinajstić information content (AvgIpc) is 2.37. The highest BCUT2D eigenvalue weighted by atomic mass is 35.5. The number of aromatic nitrogens is 2. The van der Waals surface area contributed by atoms with Crippen LogP contribution >= 0.6 is 11.6 Å². The molecule has 1 aromatic rings. The average molecular weight is 275 g/mol. The Hall–Kier alpha value is -0.910. The number of hydrogen-bond acceptors (Lipinski definition) is 5. The Kier molecular flexibility index (Phi) is 6.93. The maximum Gasteiger partial charge on any atom is 0.236 e. The molecule has 18 heavy (non-hydrogen) atoms. The summed E-state index contributed by atoms with van der Waals surface area (Å²) < 4.78 is 15.7. The smallest absolute Gasteiger partial charge is 0.236 e. The fourth-order valence-electron chi connectivity index (χ4n) is 1.27. The summed E-state index contributed by atoms with van der Waals surface area (Å²) in [6.07, 6.45) is 0.798. The van der Waals surface area contributed by atoms with Crippen molar-refractivity contribution in [2.45, 2.75) is 20.3 Å². The SMILES string of the molecule is COCCOCCCOc1nnc(Cl)c(C)c1C. The molecule has 6 heteroatoms. The van der Waals surface area contributed by atoms with Crippen LogP contribution in [0.2, 0.25) is 5.15 Å². The molecular formula is C12H19ClN2O3. The van der Waals surface area contributed by atoms with Crippen LogP contribution in [0.1, 0.15) is 17.5 Å². The number of halogens is 1. The van der Waals surface area contributed by atoms with Crippen LogP contribution in [0.15, 0.2) is 0 Å². The number of nitrogens with zero attached hydrogens (tertiary/aromatic N) is 2. The van der Waals surface area contributed by atoms with E-state index < -0.39 is 0 Å². The van der Waals surface area contributed by atoms with Crippen molar-refractivity contribution in [3.05, 3.63) is 16.3 Å². The number of rotatable bonds is 8. The van der Waals surface area contributed by atoms with E-state index in [0.29, 0.717) is 37.5 Å². The van der Waals surface area contributed by atoms with Crippen LogP contribution in [0.5, 0.6) is 5.88 Å². The Balaban J connectivity index is 2.25. The maximum absolute atomic E-state index is 5.86. The van der Waals surface area contributed by atoms with Crippen LogP contribution in [0.25, 0.3) is 0 Å². The first-order valence-corrected chi connectivity index (χ1v) is 6.23. The van der Waals surface area contributed by atoms with Crippen molar-refractivity contribution < 1.29 is 14.2 Å². The molecule has 0 spiro atoms. The number of methoxy groups -OCH3 is 1. The topological polar surface area (TPSA) is 53.5 Å². The van der Waals surface area contributed by atoms with Gasteiger partial charge in [0.25, 0.3) is 0 Å². The van der Waals surface area contributed by atoms with Crippen molar-refractivity contribution in [2.24, 2.45) is 0 Å². The molecule has 0 radical (unpaired) electrons. The summed E-state index contributed by atoms with van der Waals surface area (Å²) in [5.41, 5.74) is 1.83. The van der Waals surface area contributed by atoms with Gasteiger partial charge in [-0.3, -0.25) is 0 Å². The molecule has 0 bridgehead atoms. The third-order valence-electron chi connectivity index (χ3n) is 2.52. The third-order valence-corrected chi connectivity index (χ3v) is 2.88. The Morgan fingerprint density at radius 1 is 1.00 bits per heavy atom. The van der Waals surface area contributed by atoms with Crippen LogP contribution < -0.4 is 4.74 Å². The minimum atomic E-state index is 0.419. The first-order chi connectivity index (χ1) is 8.66. The zero-order valence-corrected chi connectivity index (χ0v) is 11.8. The second-order valence-electron chi connectivity index (χ2n) is 3.85. The normalized spacial score (nSPS) is 10.7. The summed E-state index contributed by atoms with van der Waals surface area (Å²) in [7, 11) is 1.65. The lowest BCUT2D eigenvalue weighted by atomic mass is 10.2. The van der Waals surface area contributed by atoms with E-state index in [1.54, 1.807) is 7.11 Å². The Labute approximate surface area is 112 Å². The molecule has 1 aromatic heterocycles. The molecule has 0 aliphatic rings. The van der Waals surface area contributed by atoms with E-state index in [1.807, 2.05) is 13.8 Å². The van der Waals surface area contributed by atoms with Crippen molar-refractivity contribution >= 4 is 11.6 Å². The highest BCUT2D eigenvalue weighted by molar-refractivity contribution is 6.30. The molecule has 0 saturated heterocycles. The Morgan fingerprint density at radius 2 is 1.78 bits per heavy atom. The molecule has 0 aromatic carbocycles. The Morgan fingerprint density at radius 3 is 2.50 bits per heavy atom. The number of ether oxygens (including phenoxy) is 3. The van der Waals surface area contributed by atoms with Gasteiger partial charge < -0.3 is 14.2 Å². The molecule has 0 fully saturated rings. The zero-order chi connectivity index (χ0) is 13.4. The van der Waals surface area contributed by atoms with Gasteiger partial charge in [0.05, 0.1) is 19.8 Å². The van der Waals surface area contributed by atoms with E-state index in [2.05, 4.69) is 10.2 Å². The minimum absolute atomic E-state index is 0.419. The van der Waals surface area contributed by atoms with Gasteiger partial charge in [-0.25, -0.2) is 0 Å². The number of hydrogen-bond donors (Lipinski definition) is 0. The first-order valence-electron chi connectivity index (χ1n) is 5.85. The summed E-state index contributed by atoms with van der Waals surface area (Å²) in [6.45, 7) is 6.22. The van der Waals surface area contributed by atoms with E-state index in [-0.39, 0.29) is 0 Å². The zero-order valence-electron chi connectivity index (χ0n) is 11.0. The summed E-state index contributed by atoms with van der Waals surface area (Å²) >= 11 is 5.86. The molecular weight excluding hydrogens is 256 g/mol. The van der Waals surface area contributed by atoms with Crippen LogP contribution in [-0.4, -0.2) is 43.7 Å². The van der Waals surface area contributed by atoms with E-state index in [1.165, 1.54) is 0 Å². The molecule has 1 heterocycles. The minimum Gasteiger partial charge on any atom is -0.476 e. The van der Waals surface area contributed by atoms with E-state index in [9.17, 15) is 0 Å². The lowest BCUT2D eigenvalue weighted by Gasteiger charge is -2.09. The fraction of sp³-hybridized carbons (Fsp3) is 0.667. The molecule has 0 aliphatic heterocycles. The largest absolute Gasteiger partial charge is 0.476 e. The van der Waals surface area contributed by atoms with Crippen LogP contribution in [0.3, 0.4) is 0 Å². The lowest BCUT2D eigenvalue weighted by molar-refractivity contribution is 0.0641. The van der Waals surface area contributed by atoms with Crippen LogP contribution in [0, 0.1) is 13.8 Å². The van der Waals surface area contributed by atoms with E-state index in [4.69, 9.17) is 25.8 Å². The third kappa shape index (κ3) is 4.76. The van der Waals surface area contributed by atoms with Crippen LogP contribution in [-0.2, 0) is 9.47 Å². The Bertz CT molecular complexity index is 375. The predicted molar refractivity (Wildman–Crippen MR) is 69.3 cm³/mol. The standard InChI is InChI=1S/C12H19ClN2O3/c1-9-10(2)12(15-14-11(9)13)18-6-4-5-17-8-7-16-3/h4-8H2,1-3H3. The van der Waals surface area contributed by atoms with Crippen molar-refractivity contribution in [1.29, 1.82) is 0 Å². The summed E-state index contributed by atoms with van der Waals surface area (Å²) in [6, 6.07) is 0. The summed E-state index contributed by atoms with van der Waals surface area (Å²) in [5, 5.41) is 8.16. The van der Waals surface area contributed by atoms with Crippen LogP contribution in [0.4, 0.5) is 0 Å². The van der Waals surface area contributed by atoms with Gasteiger partial charge in [-0.05, 0) is 19.4 Å². The van der Waals surface area contributed by atoms with Crippen molar-refractivity contribution in [1.82, 2.24) is 10.2 Å². The monoisotopic (exact) mass is 274 g/mol. The molecule has 0 atom stereocenters. The van der Waals surface area contributed by atoms with Gasteiger partial charge in [0.1, 0.15) is 0 Å². The second-order valence-corrected chi connectivity index (χ2v) is 4.21. The van der Waals surface area contributed by atoms with Crippen molar-refractivity contribution in [2.75, 3.05) is 33.5 Å². The molecule has 102 valence electrons. The molecule has 0 saturated carbocycles. The molecule has 0 aliphatic carbocycles. The maximum atomic E-state index is 5.86. The predicted octanol–water partition coefficient (Wildman–Crippen LogP) is 2.18. The fourth-order valence-corrected chi connectivity index (χ4v) is 1.45. The van der Waals surface area contributed by atoms with Gasteiger partial charge in [-0.1, -0.05) is 11.6 Å². The van der Waals surface area contributed by atoms with Gasteiger partial charge in [0.2, 0.25) is 5.88 Å². The van der Waals surface area contributed by atoms with Gasteiger partial charge in [0, 0.05) is 25.7 Å². The van der Waals surface area contributed by atoms with Gasteiger partial charge in [0.15, 0.2) is 5.15 Å². The van der Waals surface area contributed by atoms with Gasteiger partial charge in [-0.15, -0.1) is 10.2 Å². The highest BCUT2D eigenvalue weighted by Gasteiger charge is 2.08. The molecule has 0 N–H and O–H groups in total. The second kappa shape index (κ2) is 8.24. The van der Waals surface area contributed by atoms with Crippen molar-refractivity contribution in [3.63, 3.8) is 0 Å². The highest BCUT2D eigenvalue weighted by Crippen LogP contribution is 2.22. The van der Waals surface area contributed by atoms with Crippen molar-refractivity contribution in [3.8, 4) is 5.88 Å². The summed E-state index contributed by atoms with van der Waals surface area (Å²) in [4.78, 5) is 0. The van der Waals surface area contributed by atoms with E-state index in [0.717, 1.165) is 17.5 Å². The quantitative estimate of drug-likeness (QED) is 0.680. The molecule has 1 rings (SSSR count). The first kappa shape index (κ1) is 15.1.